The van der Waals surface area contributed by atoms with Crippen molar-refractivity contribution in [2.45, 2.75) is 31.5 Å². The average molecular weight is 376 g/mol. The Morgan fingerprint density at radius 2 is 2.11 bits per heavy atom. The zero-order chi connectivity index (χ0) is 13.6. The molecule has 1 fully saturated rings. The lowest BCUT2D eigenvalue weighted by molar-refractivity contribution is -0.0283. The number of halogens is 1. The Labute approximate surface area is 122 Å². The highest BCUT2D eigenvalue weighted by atomic mass is 127. The largest absolute Gasteiger partial charge is 0.387 e. The third kappa shape index (κ3) is 2.02. The van der Waals surface area contributed by atoms with Crippen molar-refractivity contribution in [3.8, 4) is 0 Å². The lowest BCUT2D eigenvalue weighted by Crippen LogP contribution is -2.32. The number of aliphatic hydroxyl groups excluding tert-OH is 2. The maximum atomic E-state index is 10.1. The van der Waals surface area contributed by atoms with Gasteiger partial charge in [-0.3, -0.25) is 4.57 Å². The Hall–Kier alpha value is -0.840. The molecule has 3 heterocycles. The number of imidazole rings is 1. The summed E-state index contributed by atoms with van der Waals surface area (Å²) in [5.41, 5.74) is 2.03. The molecule has 0 aromatic carbocycles. The summed E-state index contributed by atoms with van der Waals surface area (Å²) in [7, 11) is 0. The third-order valence-electron chi connectivity index (χ3n) is 3.31. The summed E-state index contributed by atoms with van der Waals surface area (Å²) in [5.74, 6) is 0. The van der Waals surface area contributed by atoms with E-state index in [-0.39, 0.29) is 6.10 Å². The first-order chi connectivity index (χ1) is 9.13. The maximum absolute atomic E-state index is 10.1. The minimum absolute atomic E-state index is 0.388. The predicted molar refractivity (Wildman–Crippen MR) is 74.9 cm³/mol. The summed E-state index contributed by atoms with van der Waals surface area (Å²) in [5, 5.41) is 20.0. The van der Waals surface area contributed by atoms with Gasteiger partial charge in [0.25, 0.3) is 0 Å². The van der Waals surface area contributed by atoms with Gasteiger partial charge in [-0.2, -0.15) is 0 Å². The SMILES string of the molecule is Cc1ncnc2c1ncn2[C@@H]1O[C@H](CI)[C@@H](O)[C@H]1O. The molecule has 3 rings (SSSR count). The first-order valence-corrected chi connectivity index (χ1v) is 7.37. The van der Waals surface area contributed by atoms with Crippen molar-refractivity contribution in [3.05, 3.63) is 18.3 Å². The number of aromatic nitrogens is 4. The topological polar surface area (TPSA) is 93.3 Å². The molecule has 0 unspecified atom stereocenters. The number of aryl methyl sites for hydroxylation is 1. The molecule has 4 atom stereocenters. The number of ether oxygens (including phenoxy) is 1. The average Bonchev–Trinajstić information content (AvgIpc) is 2.94. The first kappa shape index (κ1) is 13.2. The number of aliphatic hydroxyl groups is 2. The van der Waals surface area contributed by atoms with Crippen LogP contribution < -0.4 is 0 Å². The van der Waals surface area contributed by atoms with Crippen LogP contribution in [0.3, 0.4) is 0 Å². The van der Waals surface area contributed by atoms with Crippen LogP contribution >= 0.6 is 22.6 Å². The van der Waals surface area contributed by atoms with Gasteiger partial charge >= 0.3 is 0 Å². The lowest BCUT2D eigenvalue weighted by atomic mass is 10.1. The van der Waals surface area contributed by atoms with E-state index in [1.165, 1.54) is 6.33 Å². The summed E-state index contributed by atoms with van der Waals surface area (Å²) < 4.78 is 7.93. The van der Waals surface area contributed by atoms with Crippen molar-refractivity contribution in [3.63, 3.8) is 0 Å². The molecule has 19 heavy (non-hydrogen) atoms. The van der Waals surface area contributed by atoms with Crippen LogP contribution in [-0.4, -0.2) is 52.5 Å². The van der Waals surface area contributed by atoms with Gasteiger partial charge < -0.3 is 14.9 Å². The van der Waals surface area contributed by atoms with E-state index < -0.39 is 18.4 Å². The molecule has 1 saturated heterocycles. The minimum atomic E-state index is -0.993. The smallest absolute Gasteiger partial charge is 0.165 e. The minimum Gasteiger partial charge on any atom is -0.387 e. The molecule has 102 valence electrons. The van der Waals surface area contributed by atoms with Crippen LogP contribution in [0.2, 0.25) is 0 Å². The predicted octanol–water partition coefficient (Wildman–Crippen LogP) is 0.189. The van der Waals surface area contributed by atoms with Crippen molar-refractivity contribution in [2.24, 2.45) is 0 Å². The standard InChI is InChI=1S/C11H13IN4O3/c1-5-7-10(14-3-13-5)16(4-15-7)11-9(18)8(17)6(2-12)19-11/h3-4,6,8-9,11,17-18H,2H2,1H3/t6-,8-,9-,11-/m1/s1. The molecule has 8 heteroatoms. The Morgan fingerprint density at radius 3 is 2.79 bits per heavy atom. The van der Waals surface area contributed by atoms with Crippen molar-refractivity contribution >= 4 is 33.8 Å². The zero-order valence-electron chi connectivity index (χ0n) is 10.1. The summed E-state index contributed by atoms with van der Waals surface area (Å²) in [6.07, 6.45) is 0.0520. The molecule has 1 aliphatic heterocycles. The van der Waals surface area contributed by atoms with E-state index in [0.717, 1.165) is 5.69 Å². The molecule has 0 bridgehead atoms. The van der Waals surface area contributed by atoms with Crippen LogP contribution in [0.15, 0.2) is 12.7 Å². The second kappa shape index (κ2) is 4.93. The van der Waals surface area contributed by atoms with Gasteiger partial charge in [0.15, 0.2) is 11.9 Å². The molecule has 1 aliphatic rings. The second-order valence-corrected chi connectivity index (χ2v) is 5.36. The van der Waals surface area contributed by atoms with Crippen LogP contribution in [0.4, 0.5) is 0 Å². The molecule has 0 amide bonds. The summed E-state index contributed by atoms with van der Waals surface area (Å²) in [4.78, 5) is 12.5. The van der Waals surface area contributed by atoms with Gasteiger partial charge in [-0.15, -0.1) is 0 Å². The molecular formula is C11H13IN4O3. The van der Waals surface area contributed by atoms with Crippen LogP contribution in [0.25, 0.3) is 11.2 Å². The number of hydrogen-bond donors (Lipinski definition) is 2. The monoisotopic (exact) mass is 376 g/mol. The Morgan fingerprint density at radius 1 is 1.32 bits per heavy atom. The molecule has 0 aliphatic carbocycles. The lowest BCUT2D eigenvalue weighted by Gasteiger charge is -2.16. The highest BCUT2D eigenvalue weighted by Gasteiger charge is 2.43. The summed E-state index contributed by atoms with van der Waals surface area (Å²) >= 11 is 2.12. The van der Waals surface area contributed by atoms with Crippen LogP contribution in [0.5, 0.6) is 0 Å². The van der Waals surface area contributed by atoms with E-state index in [9.17, 15) is 10.2 Å². The van der Waals surface area contributed by atoms with E-state index >= 15 is 0 Å². The van der Waals surface area contributed by atoms with E-state index in [4.69, 9.17) is 4.74 Å². The molecule has 2 aromatic rings. The first-order valence-electron chi connectivity index (χ1n) is 5.85. The van der Waals surface area contributed by atoms with Crippen molar-refractivity contribution in [1.82, 2.24) is 19.5 Å². The van der Waals surface area contributed by atoms with E-state index in [2.05, 4.69) is 37.5 Å². The van der Waals surface area contributed by atoms with E-state index in [1.54, 1.807) is 10.9 Å². The van der Waals surface area contributed by atoms with E-state index in [0.29, 0.717) is 15.6 Å². The Bertz CT molecular complexity index is 605. The van der Waals surface area contributed by atoms with Gasteiger partial charge in [0.05, 0.1) is 18.1 Å². The molecule has 7 nitrogen and oxygen atoms in total. The van der Waals surface area contributed by atoms with Crippen LogP contribution in [0, 0.1) is 6.92 Å². The molecule has 2 aromatic heterocycles. The normalized spacial score (nSPS) is 31.2. The fraction of sp³-hybridized carbons (Fsp3) is 0.545. The molecular weight excluding hydrogens is 363 g/mol. The van der Waals surface area contributed by atoms with Gasteiger partial charge in [-0.25, -0.2) is 15.0 Å². The van der Waals surface area contributed by atoms with Gasteiger partial charge in [0, 0.05) is 4.43 Å². The number of fused-ring (bicyclic) bond motifs is 1. The third-order valence-corrected chi connectivity index (χ3v) is 4.17. The summed E-state index contributed by atoms with van der Waals surface area (Å²) in [6, 6.07) is 0. The molecule has 0 radical (unpaired) electrons. The molecule has 2 N–H and O–H groups in total. The molecule has 0 saturated carbocycles. The van der Waals surface area contributed by atoms with Crippen molar-refractivity contribution in [1.29, 1.82) is 0 Å². The highest BCUT2D eigenvalue weighted by molar-refractivity contribution is 14.1. The fourth-order valence-corrected chi connectivity index (χ4v) is 2.97. The number of hydrogen-bond acceptors (Lipinski definition) is 6. The Kier molecular flexibility index (Phi) is 3.41. The summed E-state index contributed by atoms with van der Waals surface area (Å²) in [6.45, 7) is 1.84. The number of alkyl halides is 1. The van der Waals surface area contributed by atoms with Crippen LogP contribution in [0.1, 0.15) is 11.9 Å². The van der Waals surface area contributed by atoms with Gasteiger partial charge in [0.1, 0.15) is 24.1 Å². The van der Waals surface area contributed by atoms with Crippen molar-refractivity contribution in [2.75, 3.05) is 4.43 Å². The van der Waals surface area contributed by atoms with Crippen LogP contribution in [-0.2, 0) is 4.74 Å². The highest BCUT2D eigenvalue weighted by Crippen LogP contribution is 2.32. The quantitative estimate of drug-likeness (QED) is 0.574. The van der Waals surface area contributed by atoms with Crippen molar-refractivity contribution < 1.29 is 14.9 Å². The Balaban J connectivity index is 2.04. The zero-order valence-corrected chi connectivity index (χ0v) is 12.3. The van der Waals surface area contributed by atoms with Gasteiger partial charge in [-0.1, -0.05) is 22.6 Å². The molecule has 0 spiro atoms. The second-order valence-electron chi connectivity index (χ2n) is 4.48. The van der Waals surface area contributed by atoms with E-state index in [1.807, 2.05) is 6.92 Å². The number of rotatable bonds is 2. The maximum Gasteiger partial charge on any atom is 0.165 e. The fourth-order valence-electron chi connectivity index (χ4n) is 2.24. The van der Waals surface area contributed by atoms with Gasteiger partial charge in [-0.05, 0) is 6.92 Å². The van der Waals surface area contributed by atoms with Gasteiger partial charge in [0.2, 0.25) is 0 Å². The number of nitrogens with zero attached hydrogens (tertiary/aromatic N) is 4.